The summed E-state index contributed by atoms with van der Waals surface area (Å²) in [5, 5.41) is 12.8. The van der Waals surface area contributed by atoms with E-state index in [4.69, 9.17) is 0 Å². The highest BCUT2D eigenvalue weighted by molar-refractivity contribution is 5.75. The fourth-order valence-corrected chi connectivity index (χ4v) is 3.47. The maximum Gasteiger partial charge on any atom is 0.321 e. The van der Waals surface area contributed by atoms with E-state index in [9.17, 15) is 9.90 Å². The van der Waals surface area contributed by atoms with Gasteiger partial charge in [-0.05, 0) is 36.5 Å². The number of hydrogen-bond acceptors (Lipinski definition) is 2. The van der Waals surface area contributed by atoms with Crippen molar-refractivity contribution in [3.05, 3.63) is 40.7 Å². The van der Waals surface area contributed by atoms with Crippen molar-refractivity contribution in [2.75, 3.05) is 0 Å². The highest BCUT2D eigenvalue weighted by atomic mass is 16.4. The first-order chi connectivity index (χ1) is 10.7. The van der Waals surface area contributed by atoms with E-state index in [1.807, 2.05) is 0 Å². The molecule has 2 heterocycles. The van der Waals surface area contributed by atoms with Crippen LogP contribution in [-0.2, 0) is 17.6 Å². The second kappa shape index (κ2) is 6.53. The van der Waals surface area contributed by atoms with E-state index >= 15 is 0 Å². The number of unbranched alkanes of at least 4 members (excludes halogenated alkanes) is 1. The molecular weight excluding hydrogens is 276 g/mol. The fourth-order valence-electron chi connectivity index (χ4n) is 3.47. The Balaban J connectivity index is 2.00. The molecule has 2 atom stereocenters. The van der Waals surface area contributed by atoms with E-state index in [1.54, 1.807) is 0 Å². The molecule has 4 nitrogen and oxygen atoms in total. The molecule has 0 saturated carbocycles. The number of aromatic amines is 1. The van der Waals surface area contributed by atoms with Crippen LogP contribution in [0.4, 0.5) is 0 Å². The Bertz CT molecular complexity index is 613. The third kappa shape index (κ3) is 2.88. The predicted octanol–water partition coefficient (Wildman–Crippen LogP) is 3.36. The highest BCUT2D eigenvalue weighted by Crippen LogP contribution is 2.34. The first kappa shape index (κ1) is 15.1. The molecule has 0 bridgehead atoms. The Labute approximate surface area is 131 Å². The summed E-state index contributed by atoms with van der Waals surface area (Å²) in [7, 11) is 0. The number of carboxylic acids is 1. The molecule has 1 aromatic heterocycles. The number of H-pyrrole nitrogens is 1. The highest BCUT2D eigenvalue weighted by Gasteiger charge is 2.33. The minimum Gasteiger partial charge on any atom is -0.480 e. The molecule has 2 unspecified atom stereocenters. The Morgan fingerprint density at radius 1 is 1.32 bits per heavy atom. The van der Waals surface area contributed by atoms with Crippen LogP contribution in [0.25, 0.3) is 6.08 Å². The van der Waals surface area contributed by atoms with Crippen molar-refractivity contribution >= 4 is 12.0 Å². The van der Waals surface area contributed by atoms with Gasteiger partial charge in [-0.25, -0.2) is 0 Å². The summed E-state index contributed by atoms with van der Waals surface area (Å²) < 4.78 is 0. The zero-order valence-corrected chi connectivity index (χ0v) is 13.1. The molecular formula is C18H24N2O2. The molecule has 3 rings (SSSR count). The van der Waals surface area contributed by atoms with Gasteiger partial charge in [-0.15, -0.1) is 0 Å². The number of hydrogen-bond donors (Lipinski definition) is 3. The third-order valence-corrected chi connectivity index (χ3v) is 4.63. The van der Waals surface area contributed by atoms with Crippen LogP contribution in [-0.4, -0.2) is 22.1 Å². The summed E-state index contributed by atoms with van der Waals surface area (Å²) in [6.45, 7) is 2.17. The molecule has 0 amide bonds. The summed E-state index contributed by atoms with van der Waals surface area (Å²) in [5.74, 6) is -0.751. The monoisotopic (exact) mass is 300 g/mol. The first-order valence-electron chi connectivity index (χ1n) is 8.24. The minimum atomic E-state index is -0.751. The van der Waals surface area contributed by atoms with Crippen LogP contribution in [0.15, 0.2) is 18.2 Å². The summed E-state index contributed by atoms with van der Waals surface area (Å²) in [6.07, 6.45) is 14.3. The molecule has 1 aliphatic heterocycles. The van der Waals surface area contributed by atoms with Crippen LogP contribution in [0.1, 0.15) is 61.2 Å². The van der Waals surface area contributed by atoms with Crippen LogP contribution in [0.3, 0.4) is 0 Å². The summed E-state index contributed by atoms with van der Waals surface area (Å²) in [6, 6.07) is -0.358. The van der Waals surface area contributed by atoms with Crippen molar-refractivity contribution in [1.29, 1.82) is 0 Å². The largest absolute Gasteiger partial charge is 0.480 e. The topological polar surface area (TPSA) is 65.1 Å². The zero-order chi connectivity index (χ0) is 15.5. The van der Waals surface area contributed by atoms with Gasteiger partial charge >= 0.3 is 5.97 Å². The van der Waals surface area contributed by atoms with Crippen LogP contribution in [0, 0.1) is 0 Å². The maximum absolute atomic E-state index is 11.5. The number of aliphatic carboxylic acids is 1. The standard InChI is InChI=1S/C18H24N2O2/c1-2-3-9-15-17-13(11-16(19-15)18(21)22)12-8-6-4-5-7-10-14(12)20-17/h4,6-7,10,15-16,19-20H,2-3,5,8-9,11H2,1H3,(H,21,22)/b6-4?,10-7-. The summed E-state index contributed by atoms with van der Waals surface area (Å²) >= 11 is 0. The molecule has 0 aromatic carbocycles. The van der Waals surface area contributed by atoms with E-state index < -0.39 is 12.0 Å². The number of carboxylic acid groups (broad SMARTS) is 1. The van der Waals surface area contributed by atoms with Crippen LogP contribution >= 0.6 is 0 Å². The van der Waals surface area contributed by atoms with E-state index in [0.717, 1.165) is 37.8 Å². The summed E-state index contributed by atoms with van der Waals surface area (Å²) in [5.41, 5.74) is 4.86. The average Bonchev–Trinajstić information content (AvgIpc) is 2.81. The van der Waals surface area contributed by atoms with Crippen molar-refractivity contribution in [3.8, 4) is 0 Å². The van der Waals surface area contributed by atoms with Crippen LogP contribution in [0.5, 0.6) is 0 Å². The molecule has 1 aromatic rings. The lowest BCUT2D eigenvalue weighted by atomic mass is 9.89. The molecule has 1 aliphatic carbocycles. The normalized spacial score (nSPS) is 25.0. The molecule has 2 aliphatic rings. The van der Waals surface area contributed by atoms with Gasteiger partial charge in [0.15, 0.2) is 0 Å². The molecule has 0 fully saturated rings. The second-order valence-corrected chi connectivity index (χ2v) is 6.18. The van der Waals surface area contributed by atoms with E-state index in [1.165, 1.54) is 16.8 Å². The number of aromatic nitrogens is 1. The molecule has 0 saturated heterocycles. The lowest BCUT2D eigenvalue weighted by molar-refractivity contribution is -0.139. The van der Waals surface area contributed by atoms with Gasteiger partial charge in [-0.3, -0.25) is 10.1 Å². The Morgan fingerprint density at radius 2 is 2.18 bits per heavy atom. The fraction of sp³-hybridized carbons (Fsp3) is 0.500. The SMILES string of the molecule is CCCCC1NC(C(=O)O)Cc2c1[nH]c1c2CC=CC/C=C\1. The number of nitrogens with one attached hydrogen (secondary N) is 2. The van der Waals surface area contributed by atoms with Gasteiger partial charge in [0, 0.05) is 23.9 Å². The number of rotatable bonds is 4. The van der Waals surface area contributed by atoms with Crippen molar-refractivity contribution in [1.82, 2.24) is 10.3 Å². The minimum absolute atomic E-state index is 0.121. The van der Waals surface area contributed by atoms with Crippen molar-refractivity contribution in [3.63, 3.8) is 0 Å². The van der Waals surface area contributed by atoms with Crippen molar-refractivity contribution < 1.29 is 9.90 Å². The molecule has 118 valence electrons. The maximum atomic E-state index is 11.5. The van der Waals surface area contributed by atoms with Gasteiger partial charge in [0.2, 0.25) is 0 Å². The molecule has 0 spiro atoms. The Morgan fingerprint density at radius 3 is 2.95 bits per heavy atom. The number of carbonyl (C=O) groups is 1. The first-order valence-corrected chi connectivity index (χ1v) is 8.24. The molecule has 4 heteroatoms. The van der Waals surface area contributed by atoms with Crippen LogP contribution < -0.4 is 5.32 Å². The van der Waals surface area contributed by atoms with Crippen molar-refractivity contribution in [2.45, 2.75) is 57.5 Å². The Kier molecular flexibility index (Phi) is 4.48. The van der Waals surface area contributed by atoms with Gasteiger partial charge in [0.25, 0.3) is 0 Å². The zero-order valence-electron chi connectivity index (χ0n) is 13.1. The predicted molar refractivity (Wildman–Crippen MR) is 87.8 cm³/mol. The van der Waals surface area contributed by atoms with Crippen molar-refractivity contribution in [2.24, 2.45) is 0 Å². The second-order valence-electron chi connectivity index (χ2n) is 6.18. The average molecular weight is 300 g/mol. The Hall–Kier alpha value is -1.81. The molecule has 3 N–H and O–H groups in total. The molecule has 0 radical (unpaired) electrons. The lowest BCUT2D eigenvalue weighted by Crippen LogP contribution is -2.44. The van der Waals surface area contributed by atoms with Gasteiger partial charge in [-0.2, -0.15) is 0 Å². The lowest BCUT2D eigenvalue weighted by Gasteiger charge is -2.29. The van der Waals surface area contributed by atoms with Gasteiger partial charge in [-0.1, -0.05) is 38.0 Å². The van der Waals surface area contributed by atoms with E-state index in [0.29, 0.717) is 6.42 Å². The molecule has 22 heavy (non-hydrogen) atoms. The van der Waals surface area contributed by atoms with Gasteiger partial charge in [0.05, 0.1) is 0 Å². The summed E-state index contributed by atoms with van der Waals surface area (Å²) in [4.78, 5) is 15.1. The van der Waals surface area contributed by atoms with Gasteiger partial charge in [0.1, 0.15) is 6.04 Å². The smallest absolute Gasteiger partial charge is 0.321 e. The van der Waals surface area contributed by atoms with Crippen LogP contribution in [0.2, 0.25) is 0 Å². The number of allylic oxidation sites excluding steroid dienone is 3. The third-order valence-electron chi connectivity index (χ3n) is 4.63. The van der Waals surface area contributed by atoms with Gasteiger partial charge < -0.3 is 10.1 Å². The van der Waals surface area contributed by atoms with E-state index in [-0.39, 0.29) is 6.04 Å². The van der Waals surface area contributed by atoms with E-state index in [2.05, 4.69) is 41.5 Å². The quantitative estimate of drug-likeness (QED) is 0.747. The number of fused-ring (bicyclic) bond motifs is 3.